The van der Waals surface area contributed by atoms with Gasteiger partial charge in [-0.3, -0.25) is 4.79 Å². The lowest BCUT2D eigenvalue weighted by Crippen LogP contribution is -2.17. The van der Waals surface area contributed by atoms with Gasteiger partial charge < -0.3 is 16.5 Å². The average molecular weight is 175 g/mol. The highest BCUT2D eigenvalue weighted by molar-refractivity contribution is 5.49. The maximum absolute atomic E-state index is 12.1. The molecular weight excluding hydrogens is 168 g/mol. The van der Waals surface area contributed by atoms with Gasteiger partial charge in [0.1, 0.15) is 11.4 Å². The van der Waals surface area contributed by atoms with Crippen molar-refractivity contribution in [1.82, 2.24) is 4.98 Å². The summed E-state index contributed by atoms with van der Waals surface area (Å²) >= 11 is 0. The number of alkyl halides is 2. The van der Waals surface area contributed by atoms with Gasteiger partial charge in [-0.2, -0.15) is 0 Å². The topological polar surface area (TPSA) is 84.9 Å². The Balaban J connectivity index is 3.44. The van der Waals surface area contributed by atoms with Crippen molar-refractivity contribution < 1.29 is 8.78 Å². The Labute approximate surface area is 66.2 Å². The van der Waals surface area contributed by atoms with Crippen LogP contribution in [0.15, 0.2) is 11.0 Å². The van der Waals surface area contributed by atoms with Crippen molar-refractivity contribution in [2.24, 2.45) is 0 Å². The van der Waals surface area contributed by atoms with Crippen molar-refractivity contribution in [3.63, 3.8) is 0 Å². The second-order valence-electron chi connectivity index (χ2n) is 2.20. The van der Waals surface area contributed by atoms with Crippen LogP contribution < -0.4 is 16.9 Å². The Morgan fingerprint density at radius 1 is 1.42 bits per heavy atom. The maximum atomic E-state index is 12.1. The molecule has 0 aliphatic rings. The molecule has 0 radical (unpaired) electrons. The minimum absolute atomic E-state index is 0.264. The van der Waals surface area contributed by atoms with E-state index in [1.807, 2.05) is 0 Å². The molecule has 0 saturated carbocycles. The van der Waals surface area contributed by atoms with Crippen LogP contribution in [0.4, 0.5) is 20.3 Å². The molecule has 1 heterocycles. The summed E-state index contributed by atoms with van der Waals surface area (Å²) in [6.07, 6.45) is -1.82. The second kappa shape index (κ2) is 2.80. The molecule has 0 spiro atoms. The van der Waals surface area contributed by atoms with E-state index in [4.69, 9.17) is 11.5 Å². The van der Waals surface area contributed by atoms with Crippen LogP contribution in [-0.2, 0) is 0 Å². The summed E-state index contributed by atoms with van der Waals surface area (Å²) in [6, 6.07) is 0. The molecule has 1 aromatic rings. The molecule has 0 atom stereocenters. The third kappa shape index (κ3) is 1.23. The number of nitrogen functional groups attached to an aromatic ring is 2. The van der Waals surface area contributed by atoms with Crippen LogP contribution in [0.25, 0.3) is 0 Å². The number of nitrogens with two attached hydrogens (primary N) is 2. The summed E-state index contributed by atoms with van der Waals surface area (Å²) in [5, 5.41) is 0. The van der Waals surface area contributed by atoms with Gasteiger partial charge in [0.05, 0.1) is 5.69 Å². The first-order valence-corrected chi connectivity index (χ1v) is 3.08. The largest absolute Gasteiger partial charge is 0.394 e. The van der Waals surface area contributed by atoms with E-state index in [2.05, 4.69) is 4.98 Å². The maximum Gasteiger partial charge on any atom is 0.271 e. The molecule has 5 N–H and O–H groups in total. The van der Waals surface area contributed by atoms with Gasteiger partial charge in [0, 0.05) is 6.20 Å². The number of anilines is 2. The van der Waals surface area contributed by atoms with E-state index in [1.165, 1.54) is 0 Å². The fraction of sp³-hybridized carbons (Fsp3) is 0.167. The summed E-state index contributed by atoms with van der Waals surface area (Å²) in [6.45, 7) is 0. The summed E-state index contributed by atoms with van der Waals surface area (Å²) in [7, 11) is 0. The van der Waals surface area contributed by atoms with Gasteiger partial charge in [-0.05, 0) is 0 Å². The van der Waals surface area contributed by atoms with Crippen molar-refractivity contribution in [2.45, 2.75) is 6.43 Å². The molecule has 0 aromatic carbocycles. The molecule has 0 fully saturated rings. The minimum atomic E-state index is -2.91. The van der Waals surface area contributed by atoms with Crippen molar-refractivity contribution >= 4 is 11.5 Å². The van der Waals surface area contributed by atoms with E-state index < -0.39 is 17.4 Å². The van der Waals surface area contributed by atoms with Gasteiger partial charge in [0.15, 0.2) is 0 Å². The first kappa shape index (κ1) is 8.51. The summed E-state index contributed by atoms with van der Waals surface area (Å²) < 4.78 is 24.2. The number of pyridine rings is 1. The predicted molar refractivity (Wildman–Crippen MR) is 40.8 cm³/mol. The number of halogens is 2. The Morgan fingerprint density at radius 3 is 2.42 bits per heavy atom. The predicted octanol–water partition coefficient (Wildman–Crippen LogP) is 0.477. The zero-order valence-corrected chi connectivity index (χ0v) is 5.97. The number of hydrogen-bond donors (Lipinski definition) is 3. The van der Waals surface area contributed by atoms with Crippen LogP contribution in [0.5, 0.6) is 0 Å². The standard InChI is InChI=1S/C6H7F2N3O/c7-5(8)3-4(12)2(9)1-11-6(3)10/h1,5H,9H2,(H3,10,11,12). The summed E-state index contributed by atoms with van der Waals surface area (Å²) in [5.41, 5.74) is 8.25. The number of hydrogen-bond acceptors (Lipinski definition) is 3. The quantitative estimate of drug-likeness (QED) is 0.580. The van der Waals surface area contributed by atoms with E-state index >= 15 is 0 Å². The van der Waals surface area contributed by atoms with Gasteiger partial charge in [-0.25, -0.2) is 8.78 Å². The van der Waals surface area contributed by atoms with Gasteiger partial charge in [0.2, 0.25) is 5.43 Å². The monoisotopic (exact) mass is 175 g/mol. The zero-order valence-electron chi connectivity index (χ0n) is 5.97. The molecule has 0 saturated heterocycles. The molecule has 0 aliphatic heterocycles. The van der Waals surface area contributed by atoms with Gasteiger partial charge in [-0.1, -0.05) is 0 Å². The average Bonchev–Trinajstić information content (AvgIpc) is 1.97. The Bertz CT molecular complexity index is 347. The van der Waals surface area contributed by atoms with Gasteiger partial charge >= 0.3 is 0 Å². The molecule has 0 bridgehead atoms. The lowest BCUT2D eigenvalue weighted by Gasteiger charge is -2.03. The Kier molecular flexibility index (Phi) is 1.99. The first-order chi connectivity index (χ1) is 5.54. The number of aromatic amines is 1. The van der Waals surface area contributed by atoms with Crippen LogP contribution in [0.1, 0.15) is 12.0 Å². The molecule has 1 aromatic heterocycles. The van der Waals surface area contributed by atoms with Crippen molar-refractivity contribution in [2.75, 3.05) is 11.5 Å². The number of nitrogens with one attached hydrogen (secondary N) is 1. The lowest BCUT2D eigenvalue weighted by molar-refractivity contribution is 0.151. The molecule has 66 valence electrons. The van der Waals surface area contributed by atoms with Crippen LogP contribution in [-0.4, -0.2) is 4.98 Å². The van der Waals surface area contributed by atoms with Crippen LogP contribution >= 0.6 is 0 Å². The van der Waals surface area contributed by atoms with Crippen LogP contribution in [0, 0.1) is 0 Å². The number of rotatable bonds is 1. The molecule has 12 heavy (non-hydrogen) atoms. The second-order valence-corrected chi connectivity index (χ2v) is 2.20. The van der Waals surface area contributed by atoms with Crippen LogP contribution in [0.2, 0.25) is 0 Å². The molecule has 0 amide bonds. The third-order valence-electron chi connectivity index (χ3n) is 1.40. The fourth-order valence-electron chi connectivity index (χ4n) is 0.793. The van der Waals surface area contributed by atoms with E-state index in [1.54, 1.807) is 0 Å². The van der Waals surface area contributed by atoms with E-state index in [0.717, 1.165) is 6.20 Å². The highest BCUT2D eigenvalue weighted by atomic mass is 19.3. The molecule has 0 unspecified atom stereocenters. The van der Waals surface area contributed by atoms with E-state index in [-0.39, 0.29) is 11.5 Å². The molecule has 4 nitrogen and oxygen atoms in total. The third-order valence-corrected chi connectivity index (χ3v) is 1.40. The van der Waals surface area contributed by atoms with Crippen LogP contribution in [0.3, 0.4) is 0 Å². The SMILES string of the molecule is Nc1[nH]cc(N)c(=O)c1C(F)F. The summed E-state index contributed by atoms with van der Waals surface area (Å²) in [4.78, 5) is 13.2. The lowest BCUT2D eigenvalue weighted by atomic mass is 10.2. The Hall–Kier alpha value is -1.59. The van der Waals surface area contributed by atoms with Gasteiger partial charge in [-0.15, -0.1) is 0 Å². The fourth-order valence-corrected chi connectivity index (χ4v) is 0.793. The smallest absolute Gasteiger partial charge is 0.271 e. The van der Waals surface area contributed by atoms with Crippen molar-refractivity contribution in [3.05, 3.63) is 22.0 Å². The van der Waals surface area contributed by atoms with Crippen molar-refractivity contribution in [1.29, 1.82) is 0 Å². The molecule has 1 rings (SSSR count). The summed E-state index contributed by atoms with van der Waals surface area (Å²) in [5.74, 6) is -0.343. The minimum Gasteiger partial charge on any atom is -0.394 e. The van der Waals surface area contributed by atoms with E-state index in [9.17, 15) is 13.6 Å². The van der Waals surface area contributed by atoms with Gasteiger partial charge in [0.25, 0.3) is 6.43 Å². The zero-order chi connectivity index (χ0) is 9.30. The first-order valence-electron chi connectivity index (χ1n) is 3.08. The van der Waals surface area contributed by atoms with Crippen molar-refractivity contribution in [3.8, 4) is 0 Å². The number of aromatic nitrogens is 1. The molecular formula is C6H7F2N3O. The highest BCUT2D eigenvalue weighted by Crippen LogP contribution is 2.19. The Morgan fingerprint density at radius 2 is 2.00 bits per heavy atom. The highest BCUT2D eigenvalue weighted by Gasteiger charge is 2.17. The molecule has 6 heteroatoms. The normalized spacial score (nSPS) is 10.6. The van der Waals surface area contributed by atoms with E-state index in [0.29, 0.717) is 0 Å². The molecule has 0 aliphatic carbocycles. The number of H-pyrrole nitrogens is 1.